The molecule has 1 aliphatic heterocycles. The first-order valence-corrected chi connectivity index (χ1v) is 5.91. The van der Waals surface area contributed by atoms with E-state index in [1.165, 1.54) is 0 Å². The van der Waals surface area contributed by atoms with Gasteiger partial charge in [0.25, 0.3) is 0 Å². The third-order valence-corrected chi connectivity index (χ3v) is 3.29. The van der Waals surface area contributed by atoms with Crippen LogP contribution in [0.3, 0.4) is 0 Å². The quantitative estimate of drug-likeness (QED) is 0.737. The van der Waals surface area contributed by atoms with Crippen molar-refractivity contribution in [2.45, 2.75) is 18.4 Å². The van der Waals surface area contributed by atoms with Gasteiger partial charge < -0.3 is 9.84 Å². The second kappa shape index (κ2) is 5.08. The lowest BCUT2D eigenvalue weighted by Crippen LogP contribution is -2.45. The van der Waals surface area contributed by atoms with E-state index in [0.29, 0.717) is 25.3 Å². The predicted octanol–water partition coefficient (Wildman–Crippen LogP) is 1.59. The van der Waals surface area contributed by atoms with Gasteiger partial charge in [-0.3, -0.25) is 0 Å². The minimum absolute atomic E-state index is 0.318. The molecule has 0 aromatic carbocycles. The lowest BCUT2D eigenvalue weighted by molar-refractivity contribution is -0.166. The lowest BCUT2D eigenvalue weighted by atomic mass is 9.97. The van der Waals surface area contributed by atoms with Gasteiger partial charge in [-0.2, -0.15) is 11.8 Å². The fourth-order valence-electron chi connectivity index (χ4n) is 1.36. The van der Waals surface area contributed by atoms with Crippen molar-refractivity contribution in [1.29, 1.82) is 0 Å². The van der Waals surface area contributed by atoms with Crippen molar-refractivity contribution in [2.24, 2.45) is 0 Å². The third kappa shape index (κ3) is 2.76. The van der Waals surface area contributed by atoms with Crippen LogP contribution in [-0.2, 0) is 9.53 Å². The molecule has 0 spiro atoms. The van der Waals surface area contributed by atoms with Crippen LogP contribution in [0.15, 0.2) is 0 Å². The number of ether oxygens (including phenoxy) is 1. The number of halogens is 1. The molecule has 5 heteroatoms. The largest absolute Gasteiger partial charge is 0.479 e. The van der Waals surface area contributed by atoms with E-state index in [1.807, 2.05) is 0 Å². The summed E-state index contributed by atoms with van der Waals surface area (Å²) in [4.78, 5) is 11.0. The Balaban J connectivity index is 2.56. The van der Waals surface area contributed by atoms with Gasteiger partial charge >= 0.3 is 5.97 Å². The van der Waals surface area contributed by atoms with Crippen LogP contribution in [-0.4, -0.2) is 40.7 Å². The summed E-state index contributed by atoms with van der Waals surface area (Å²) in [6, 6.07) is 0. The van der Waals surface area contributed by atoms with Gasteiger partial charge in [0.1, 0.15) is 0 Å². The smallest absolute Gasteiger partial charge is 0.336 e. The number of rotatable bonds is 4. The van der Waals surface area contributed by atoms with Gasteiger partial charge in [0.15, 0.2) is 5.60 Å². The van der Waals surface area contributed by atoms with Gasteiger partial charge in [0.2, 0.25) is 0 Å². The molecule has 0 aliphatic carbocycles. The van der Waals surface area contributed by atoms with E-state index in [2.05, 4.69) is 0 Å². The Morgan fingerprint density at radius 1 is 1.54 bits per heavy atom. The van der Waals surface area contributed by atoms with Crippen LogP contribution < -0.4 is 0 Å². The van der Waals surface area contributed by atoms with Gasteiger partial charge in [-0.05, 0) is 24.3 Å². The highest BCUT2D eigenvalue weighted by atomic mass is 35.5. The number of aliphatic carboxylic acids is 1. The van der Waals surface area contributed by atoms with Crippen LogP contribution >= 0.6 is 23.4 Å². The zero-order valence-electron chi connectivity index (χ0n) is 7.29. The molecule has 1 rings (SSSR count). The summed E-state index contributed by atoms with van der Waals surface area (Å²) in [5, 5.41) is 9.04. The van der Waals surface area contributed by atoms with E-state index in [4.69, 9.17) is 21.4 Å². The van der Waals surface area contributed by atoms with Crippen molar-refractivity contribution in [3.8, 4) is 0 Å². The fourth-order valence-corrected chi connectivity index (χ4v) is 2.58. The number of hydrogen-bond acceptors (Lipinski definition) is 3. The summed E-state index contributed by atoms with van der Waals surface area (Å²) in [7, 11) is 0. The van der Waals surface area contributed by atoms with Gasteiger partial charge in [0, 0.05) is 5.88 Å². The summed E-state index contributed by atoms with van der Waals surface area (Å²) in [5.41, 5.74) is -0.958. The molecule has 13 heavy (non-hydrogen) atoms. The minimum atomic E-state index is -0.958. The maximum atomic E-state index is 11.0. The highest BCUT2D eigenvalue weighted by Crippen LogP contribution is 2.30. The number of thioether (sulfide) groups is 1. The average Bonchev–Trinajstić information content (AvgIpc) is 2.16. The van der Waals surface area contributed by atoms with Crippen molar-refractivity contribution in [2.75, 3.05) is 24.0 Å². The molecule has 1 heterocycles. The Labute approximate surface area is 86.8 Å². The van der Waals surface area contributed by atoms with Gasteiger partial charge in [-0.15, -0.1) is 11.6 Å². The number of carbonyl (C=O) groups is 1. The average molecular weight is 225 g/mol. The summed E-state index contributed by atoms with van der Waals surface area (Å²) in [6.07, 6.45) is 1.17. The number of hydrogen-bond donors (Lipinski definition) is 1. The van der Waals surface area contributed by atoms with Crippen molar-refractivity contribution in [1.82, 2.24) is 0 Å². The minimum Gasteiger partial charge on any atom is -0.479 e. The molecule has 1 aliphatic rings. The Bertz CT molecular complexity index is 180. The van der Waals surface area contributed by atoms with Crippen LogP contribution in [0, 0.1) is 0 Å². The van der Waals surface area contributed by atoms with E-state index in [0.717, 1.165) is 11.5 Å². The van der Waals surface area contributed by atoms with Crippen molar-refractivity contribution in [3.05, 3.63) is 0 Å². The highest BCUT2D eigenvalue weighted by Gasteiger charge is 2.40. The number of carboxylic acid groups (broad SMARTS) is 1. The molecular weight excluding hydrogens is 212 g/mol. The summed E-state index contributed by atoms with van der Waals surface area (Å²) in [5.74, 6) is 1.21. The normalized spacial score (nSPS) is 21.3. The van der Waals surface area contributed by atoms with Crippen LogP contribution in [0.5, 0.6) is 0 Å². The molecule has 0 unspecified atom stereocenters. The van der Waals surface area contributed by atoms with Crippen molar-refractivity contribution >= 4 is 29.3 Å². The van der Waals surface area contributed by atoms with Crippen LogP contribution in [0.25, 0.3) is 0 Å². The molecule has 0 aromatic rings. The maximum absolute atomic E-state index is 11.0. The zero-order valence-corrected chi connectivity index (χ0v) is 8.86. The molecule has 0 radical (unpaired) electrons. The maximum Gasteiger partial charge on any atom is 0.336 e. The SMILES string of the molecule is O=C(O)C1(OCCCl)CCSCC1. The van der Waals surface area contributed by atoms with Crippen LogP contribution in [0.1, 0.15) is 12.8 Å². The summed E-state index contributed by atoms with van der Waals surface area (Å²) < 4.78 is 5.34. The van der Waals surface area contributed by atoms with E-state index in [9.17, 15) is 4.79 Å². The first-order valence-electron chi connectivity index (χ1n) is 4.22. The van der Waals surface area contributed by atoms with Gasteiger partial charge in [-0.1, -0.05) is 0 Å². The molecule has 1 saturated heterocycles. The Morgan fingerprint density at radius 2 is 2.15 bits per heavy atom. The second-order valence-electron chi connectivity index (χ2n) is 2.95. The Morgan fingerprint density at radius 3 is 2.62 bits per heavy atom. The first-order chi connectivity index (χ1) is 6.21. The standard InChI is InChI=1S/C8H13ClO3S/c9-3-4-12-8(7(10)11)1-5-13-6-2-8/h1-6H2,(H,10,11). The predicted molar refractivity (Wildman–Crippen MR) is 53.6 cm³/mol. The van der Waals surface area contributed by atoms with E-state index >= 15 is 0 Å². The van der Waals surface area contributed by atoms with Gasteiger partial charge in [0.05, 0.1) is 6.61 Å². The molecule has 1 N–H and O–H groups in total. The first kappa shape index (κ1) is 11.1. The molecule has 0 aromatic heterocycles. The Hall–Kier alpha value is 0.0700. The molecule has 0 amide bonds. The molecule has 0 bridgehead atoms. The van der Waals surface area contributed by atoms with Gasteiger partial charge in [-0.25, -0.2) is 4.79 Å². The monoisotopic (exact) mass is 224 g/mol. The highest BCUT2D eigenvalue weighted by molar-refractivity contribution is 7.99. The Kier molecular flexibility index (Phi) is 4.35. The molecule has 0 atom stereocenters. The lowest BCUT2D eigenvalue weighted by Gasteiger charge is -2.32. The molecule has 1 fully saturated rings. The van der Waals surface area contributed by atoms with Crippen molar-refractivity contribution in [3.63, 3.8) is 0 Å². The summed E-state index contributed by atoms with van der Waals surface area (Å²) in [6.45, 7) is 0.318. The molecule has 3 nitrogen and oxygen atoms in total. The second-order valence-corrected chi connectivity index (χ2v) is 4.55. The third-order valence-electron chi connectivity index (χ3n) is 2.15. The number of carboxylic acids is 1. The topological polar surface area (TPSA) is 46.5 Å². The van der Waals surface area contributed by atoms with E-state index in [-0.39, 0.29) is 0 Å². The number of alkyl halides is 1. The summed E-state index contributed by atoms with van der Waals surface area (Å²) >= 11 is 7.24. The van der Waals surface area contributed by atoms with Crippen LogP contribution in [0.4, 0.5) is 0 Å². The zero-order chi connectivity index (χ0) is 9.73. The fraction of sp³-hybridized carbons (Fsp3) is 0.875. The van der Waals surface area contributed by atoms with Crippen molar-refractivity contribution < 1.29 is 14.6 Å². The molecular formula is C8H13ClO3S. The van der Waals surface area contributed by atoms with E-state index in [1.54, 1.807) is 11.8 Å². The van der Waals surface area contributed by atoms with E-state index < -0.39 is 11.6 Å². The molecule has 0 saturated carbocycles. The molecule has 76 valence electrons. The van der Waals surface area contributed by atoms with Crippen LogP contribution in [0.2, 0.25) is 0 Å².